The molecule has 3 aliphatic rings. The van der Waals surface area contributed by atoms with Crippen molar-refractivity contribution in [3.05, 3.63) is 0 Å². The molecule has 3 rings (SSSR count). The van der Waals surface area contributed by atoms with E-state index in [4.69, 9.17) is 0 Å². The lowest BCUT2D eigenvalue weighted by atomic mass is 9.97. The standard InChI is InChI=1S/C14H23OP/c15-11-4-1-9-14(10-11)16-12-5-2-6-13(16)8-3-7-12/h12-14H,1-10H2. The lowest BCUT2D eigenvalue weighted by molar-refractivity contribution is -0.120. The van der Waals surface area contributed by atoms with Crippen LogP contribution in [0, 0.1) is 0 Å². The van der Waals surface area contributed by atoms with Gasteiger partial charge in [-0.1, -0.05) is 20.8 Å². The predicted molar refractivity (Wildman–Crippen MR) is 69.5 cm³/mol. The Morgan fingerprint density at radius 1 is 0.812 bits per heavy atom. The first-order valence-corrected chi connectivity index (χ1v) is 8.68. The molecule has 1 atom stereocenters. The number of carbonyl (C=O) groups excluding carboxylic acids is 1. The second kappa shape index (κ2) is 4.77. The molecule has 0 amide bonds. The van der Waals surface area contributed by atoms with Crippen molar-refractivity contribution in [3.8, 4) is 0 Å². The van der Waals surface area contributed by atoms with Gasteiger partial charge in [-0.2, -0.15) is 0 Å². The fraction of sp³-hybridized carbons (Fsp3) is 0.929. The summed E-state index contributed by atoms with van der Waals surface area (Å²) in [6, 6.07) is 0. The molecule has 3 fully saturated rings. The summed E-state index contributed by atoms with van der Waals surface area (Å²) in [7, 11) is 0.225. The van der Waals surface area contributed by atoms with Crippen molar-refractivity contribution >= 4 is 13.7 Å². The minimum Gasteiger partial charge on any atom is -0.300 e. The summed E-state index contributed by atoms with van der Waals surface area (Å²) in [4.78, 5) is 11.6. The Morgan fingerprint density at radius 2 is 1.38 bits per heavy atom. The average Bonchev–Trinajstić information content (AvgIpc) is 2.28. The van der Waals surface area contributed by atoms with Crippen molar-refractivity contribution < 1.29 is 4.79 Å². The van der Waals surface area contributed by atoms with Crippen LogP contribution in [0.15, 0.2) is 0 Å². The van der Waals surface area contributed by atoms with Crippen LogP contribution in [0.1, 0.15) is 64.2 Å². The van der Waals surface area contributed by atoms with Crippen LogP contribution < -0.4 is 0 Å². The first-order chi connectivity index (χ1) is 7.84. The third kappa shape index (κ3) is 2.08. The molecule has 2 bridgehead atoms. The Hall–Kier alpha value is 0.100. The predicted octanol–water partition coefficient (Wildman–Crippen LogP) is 4.09. The molecule has 0 aromatic rings. The summed E-state index contributed by atoms with van der Waals surface area (Å²) in [5, 5.41) is 0. The molecule has 1 saturated carbocycles. The third-order valence-electron chi connectivity index (χ3n) is 4.87. The molecule has 1 nitrogen and oxygen atoms in total. The molecular weight excluding hydrogens is 215 g/mol. The van der Waals surface area contributed by atoms with Gasteiger partial charge in [-0.3, -0.25) is 4.79 Å². The van der Waals surface area contributed by atoms with Crippen LogP contribution in [0.25, 0.3) is 0 Å². The van der Waals surface area contributed by atoms with Crippen molar-refractivity contribution in [1.82, 2.24) is 0 Å². The SMILES string of the molecule is O=C1CCCC(P2C3CCCC2CCC3)C1. The van der Waals surface area contributed by atoms with Crippen LogP contribution in [-0.4, -0.2) is 22.8 Å². The van der Waals surface area contributed by atoms with Crippen LogP contribution in [0.5, 0.6) is 0 Å². The van der Waals surface area contributed by atoms with Gasteiger partial charge < -0.3 is 0 Å². The summed E-state index contributed by atoms with van der Waals surface area (Å²) in [5.41, 5.74) is 2.95. The van der Waals surface area contributed by atoms with E-state index in [1.807, 2.05) is 0 Å². The van der Waals surface area contributed by atoms with Crippen molar-refractivity contribution in [2.45, 2.75) is 81.2 Å². The Balaban J connectivity index is 1.74. The van der Waals surface area contributed by atoms with Crippen molar-refractivity contribution in [2.24, 2.45) is 0 Å². The largest absolute Gasteiger partial charge is 0.300 e. The Bertz CT molecular complexity index is 254. The van der Waals surface area contributed by atoms with E-state index in [2.05, 4.69) is 0 Å². The summed E-state index contributed by atoms with van der Waals surface area (Å²) in [6.07, 6.45) is 13.4. The maximum absolute atomic E-state index is 11.6. The molecule has 0 aromatic heterocycles. The highest BCUT2D eigenvalue weighted by molar-refractivity contribution is 7.60. The van der Waals surface area contributed by atoms with Gasteiger partial charge in [0.05, 0.1) is 0 Å². The Labute approximate surface area is 100 Å². The number of hydrogen-bond acceptors (Lipinski definition) is 1. The number of ketones is 1. The highest BCUT2D eigenvalue weighted by Gasteiger charge is 2.41. The first-order valence-electron chi connectivity index (χ1n) is 7.14. The van der Waals surface area contributed by atoms with Crippen LogP contribution in [0.4, 0.5) is 0 Å². The highest BCUT2D eigenvalue weighted by atomic mass is 31.1. The number of Topliss-reactive ketones (excluding diaryl/α,β-unsaturated/α-hetero) is 1. The molecule has 1 unspecified atom stereocenters. The van der Waals surface area contributed by atoms with Gasteiger partial charge in [-0.15, -0.1) is 0 Å². The second-order valence-electron chi connectivity index (χ2n) is 5.91. The quantitative estimate of drug-likeness (QED) is 0.629. The zero-order valence-electron chi connectivity index (χ0n) is 10.2. The fourth-order valence-corrected chi connectivity index (χ4v) is 8.82. The van der Waals surface area contributed by atoms with Crippen molar-refractivity contribution in [3.63, 3.8) is 0 Å². The zero-order chi connectivity index (χ0) is 11.0. The maximum Gasteiger partial charge on any atom is 0.133 e. The minimum atomic E-state index is 0.225. The molecule has 2 heterocycles. The smallest absolute Gasteiger partial charge is 0.133 e. The summed E-state index contributed by atoms with van der Waals surface area (Å²) < 4.78 is 0. The van der Waals surface area contributed by atoms with E-state index < -0.39 is 0 Å². The highest BCUT2D eigenvalue weighted by Crippen LogP contribution is 2.64. The van der Waals surface area contributed by atoms with Crippen LogP contribution >= 0.6 is 7.92 Å². The minimum absolute atomic E-state index is 0.225. The van der Waals surface area contributed by atoms with Crippen LogP contribution in [0.2, 0.25) is 0 Å². The van der Waals surface area contributed by atoms with Gasteiger partial charge in [-0.05, 0) is 55.5 Å². The number of fused-ring (bicyclic) bond motifs is 2. The van der Waals surface area contributed by atoms with E-state index in [1.54, 1.807) is 0 Å². The average molecular weight is 238 g/mol. The van der Waals surface area contributed by atoms with Gasteiger partial charge >= 0.3 is 0 Å². The van der Waals surface area contributed by atoms with E-state index in [-0.39, 0.29) is 7.92 Å². The molecule has 0 radical (unpaired) electrons. The van der Waals surface area contributed by atoms with E-state index in [0.29, 0.717) is 5.78 Å². The lowest BCUT2D eigenvalue weighted by Gasteiger charge is -2.48. The number of rotatable bonds is 1. The first kappa shape index (κ1) is 11.2. The normalized spacial score (nSPS) is 44.4. The van der Waals surface area contributed by atoms with E-state index >= 15 is 0 Å². The monoisotopic (exact) mass is 238 g/mol. The molecule has 2 heteroatoms. The summed E-state index contributed by atoms with van der Waals surface area (Å²) in [6.45, 7) is 0. The Morgan fingerprint density at radius 3 is 1.94 bits per heavy atom. The lowest BCUT2D eigenvalue weighted by Crippen LogP contribution is -2.33. The molecule has 16 heavy (non-hydrogen) atoms. The van der Waals surface area contributed by atoms with Crippen molar-refractivity contribution in [1.29, 1.82) is 0 Å². The summed E-state index contributed by atoms with van der Waals surface area (Å²) in [5.74, 6) is 0.572. The molecule has 0 N–H and O–H groups in total. The number of hydrogen-bond donors (Lipinski definition) is 0. The maximum atomic E-state index is 11.6. The van der Waals surface area contributed by atoms with Gasteiger partial charge in [0.25, 0.3) is 0 Å². The molecule has 2 saturated heterocycles. The molecule has 2 aliphatic heterocycles. The van der Waals surface area contributed by atoms with Gasteiger partial charge in [0.15, 0.2) is 0 Å². The second-order valence-corrected chi connectivity index (χ2v) is 8.99. The molecule has 0 aromatic carbocycles. The topological polar surface area (TPSA) is 17.1 Å². The zero-order valence-corrected chi connectivity index (χ0v) is 11.1. The van der Waals surface area contributed by atoms with Gasteiger partial charge in [0.1, 0.15) is 5.78 Å². The molecular formula is C14H23OP. The third-order valence-corrected chi connectivity index (χ3v) is 8.87. The molecule has 0 spiro atoms. The van der Waals surface area contributed by atoms with Crippen LogP contribution in [0.3, 0.4) is 0 Å². The van der Waals surface area contributed by atoms with Gasteiger partial charge in [-0.25, -0.2) is 0 Å². The van der Waals surface area contributed by atoms with E-state index in [0.717, 1.165) is 29.8 Å². The Kier molecular flexibility index (Phi) is 3.34. The van der Waals surface area contributed by atoms with E-state index in [9.17, 15) is 4.79 Å². The van der Waals surface area contributed by atoms with E-state index in [1.165, 1.54) is 51.4 Å². The number of carbonyl (C=O) groups is 1. The van der Waals surface area contributed by atoms with Gasteiger partial charge in [0.2, 0.25) is 0 Å². The molecule has 90 valence electrons. The van der Waals surface area contributed by atoms with Gasteiger partial charge in [0, 0.05) is 12.8 Å². The summed E-state index contributed by atoms with van der Waals surface area (Å²) >= 11 is 0. The van der Waals surface area contributed by atoms with Crippen molar-refractivity contribution in [2.75, 3.05) is 0 Å². The van der Waals surface area contributed by atoms with Crippen LogP contribution in [-0.2, 0) is 4.79 Å². The fourth-order valence-electron chi connectivity index (χ4n) is 4.21. The molecule has 1 aliphatic carbocycles.